The maximum atomic E-state index is 11.8. The molecule has 2 rings (SSSR count). The van der Waals surface area contributed by atoms with Gasteiger partial charge in [-0.05, 0) is 38.2 Å². The molecule has 0 amide bonds. The van der Waals surface area contributed by atoms with E-state index in [0.29, 0.717) is 18.2 Å². The molecule has 1 aliphatic rings. The molecule has 17 heavy (non-hydrogen) atoms. The molecule has 0 atom stereocenters. The number of hydrogen-bond donors (Lipinski definition) is 1. The van der Waals surface area contributed by atoms with E-state index in [2.05, 4.69) is 9.69 Å². The lowest BCUT2D eigenvalue weighted by molar-refractivity contribution is 0.0527. The van der Waals surface area contributed by atoms with Crippen molar-refractivity contribution in [3.63, 3.8) is 0 Å². The molecule has 1 fully saturated rings. The van der Waals surface area contributed by atoms with Gasteiger partial charge in [0.25, 0.3) is 0 Å². The molecular formula is C12H18N2O2S. The van der Waals surface area contributed by atoms with Crippen molar-refractivity contribution in [3.05, 3.63) is 11.3 Å². The predicted octanol–water partition coefficient (Wildman–Crippen LogP) is 2.98. The number of hydrogen-bond acceptors (Lipinski definition) is 5. The van der Waals surface area contributed by atoms with E-state index in [1.807, 2.05) is 13.8 Å². The molecule has 0 saturated heterocycles. The van der Waals surface area contributed by atoms with Crippen molar-refractivity contribution in [2.75, 3.05) is 11.9 Å². The van der Waals surface area contributed by atoms with Crippen molar-refractivity contribution >= 4 is 22.5 Å². The number of esters is 1. The molecule has 1 aromatic rings. The van der Waals surface area contributed by atoms with Gasteiger partial charge < -0.3 is 10.1 Å². The highest BCUT2D eigenvalue weighted by Gasteiger charge is 2.23. The van der Waals surface area contributed by atoms with Crippen molar-refractivity contribution in [1.82, 2.24) is 4.37 Å². The summed E-state index contributed by atoms with van der Waals surface area (Å²) >= 11 is 1.36. The molecule has 0 spiro atoms. The third-order valence-electron chi connectivity index (χ3n) is 3.03. The summed E-state index contributed by atoms with van der Waals surface area (Å²) in [5, 5.41) is 4.29. The van der Waals surface area contributed by atoms with Crippen molar-refractivity contribution in [2.24, 2.45) is 0 Å². The van der Waals surface area contributed by atoms with Crippen LogP contribution in [0.15, 0.2) is 0 Å². The number of aromatic nitrogens is 1. The standard InChI is InChI=1S/C12H18N2O2S/c1-3-16-12(15)10-8(2)14-17-11(10)13-9-6-4-5-7-9/h9,13H,3-7H2,1-2H3. The second-order valence-electron chi connectivity index (χ2n) is 4.32. The number of nitrogens with zero attached hydrogens (tertiary/aromatic N) is 1. The number of aryl methyl sites for hydroxylation is 1. The van der Waals surface area contributed by atoms with Crippen LogP contribution in [0.4, 0.5) is 5.00 Å². The fourth-order valence-electron chi connectivity index (χ4n) is 2.17. The third-order valence-corrected chi connectivity index (χ3v) is 3.90. The van der Waals surface area contributed by atoms with Crippen LogP contribution < -0.4 is 5.32 Å². The van der Waals surface area contributed by atoms with Gasteiger partial charge in [0.15, 0.2) is 0 Å². The monoisotopic (exact) mass is 254 g/mol. The first-order valence-electron chi connectivity index (χ1n) is 6.12. The molecule has 1 aromatic heterocycles. The highest BCUT2D eigenvalue weighted by atomic mass is 32.1. The minimum Gasteiger partial charge on any atom is -0.462 e. The maximum Gasteiger partial charge on any atom is 0.343 e. The van der Waals surface area contributed by atoms with Crippen LogP contribution in [-0.4, -0.2) is 23.0 Å². The van der Waals surface area contributed by atoms with E-state index in [4.69, 9.17) is 4.74 Å². The number of nitrogens with one attached hydrogen (secondary N) is 1. The Kier molecular flexibility index (Phi) is 3.99. The smallest absolute Gasteiger partial charge is 0.343 e. The van der Waals surface area contributed by atoms with Gasteiger partial charge in [-0.25, -0.2) is 4.79 Å². The van der Waals surface area contributed by atoms with Crippen LogP contribution in [0.5, 0.6) is 0 Å². The summed E-state index contributed by atoms with van der Waals surface area (Å²) in [6.07, 6.45) is 4.90. The molecule has 1 heterocycles. The second-order valence-corrected chi connectivity index (χ2v) is 5.09. The van der Waals surface area contributed by atoms with Gasteiger partial charge in [0, 0.05) is 6.04 Å². The number of ether oxygens (including phenoxy) is 1. The summed E-state index contributed by atoms with van der Waals surface area (Å²) in [5.41, 5.74) is 1.37. The number of rotatable bonds is 4. The average molecular weight is 254 g/mol. The molecule has 0 aliphatic heterocycles. The molecule has 5 heteroatoms. The van der Waals surface area contributed by atoms with Crippen LogP contribution >= 0.6 is 11.5 Å². The Morgan fingerprint density at radius 3 is 2.88 bits per heavy atom. The Labute approximate surface area is 106 Å². The lowest BCUT2D eigenvalue weighted by atomic mass is 10.2. The number of carbonyl (C=O) groups excluding carboxylic acids is 1. The normalized spacial score (nSPS) is 16.1. The van der Waals surface area contributed by atoms with Gasteiger partial charge in [0.2, 0.25) is 0 Å². The molecule has 1 aliphatic carbocycles. The van der Waals surface area contributed by atoms with Gasteiger partial charge in [-0.15, -0.1) is 0 Å². The van der Waals surface area contributed by atoms with Crippen LogP contribution in [-0.2, 0) is 4.74 Å². The minimum atomic E-state index is -0.265. The van der Waals surface area contributed by atoms with E-state index in [1.165, 1.54) is 37.2 Å². The van der Waals surface area contributed by atoms with E-state index >= 15 is 0 Å². The maximum absolute atomic E-state index is 11.8. The van der Waals surface area contributed by atoms with E-state index in [0.717, 1.165) is 10.7 Å². The van der Waals surface area contributed by atoms with Gasteiger partial charge in [0.05, 0.1) is 12.3 Å². The summed E-state index contributed by atoms with van der Waals surface area (Å²) in [4.78, 5) is 11.8. The average Bonchev–Trinajstić information content (AvgIpc) is 2.90. The molecule has 0 radical (unpaired) electrons. The summed E-state index contributed by atoms with van der Waals surface area (Å²) in [5.74, 6) is -0.265. The first-order valence-corrected chi connectivity index (χ1v) is 6.89. The van der Waals surface area contributed by atoms with Gasteiger partial charge >= 0.3 is 5.97 Å². The first kappa shape index (κ1) is 12.4. The van der Waals surface area contributed by atoms with Crippen LogP contribution in [0.1, 0.15) is 48.7 Å². The van der Waals surface area contributed by atoms with Crippen LogP contribution in [0.25, 0.3) is 0 Å². The highest BCUT2D eigenvalue weighted by molar-refractivity contribution is 7.10. The van der Waals surface area contributed by atoms with Gasteiger partial charge in [-0.1, -0.05) is 12.8 Å². The fraction of sp³-hybridized carbons (Fsp3) is 0.667. The van der Waals surface area contributed by atoms with Crippen LogP contribution in [0.2, 0.25) is 0 Å². The molecule has 1 saturated carbocycles. The summed E-state index contributed by atoms with van der Waals surface area (Å²) < 4.78 is 9.30. The molecule has 0 unspecified atom stereocenters. The van der Waals surface area contributed by atoms with Gasteiger partial charge in [0.1, 0.15) is 10.6 Å². The lowest BCUT2D eigenvalue weighted by Crippen LogP contribution is -2.16. The van der Waals surface area contributed by atoms with E-state index in [-0.39, 0.29) is 5.97 Å². The third kappa shape index (κ3) is 2.77. The topological polar surface area (TPSA) is 51.2 Å². The Hall–Kier alpha value is -1.10. The van der Waals surface area contributed by atoms with Crippen molar-refractivity contribution in [3.8, 4) is 0 Å². The van der Waals surface area contributed by atoms with Crippen LogP contribution in [0.3, 0.4) is 0 Å². The highest BCUT2D eigenvalue weighted by Crippen LogP contribution is 2.29. The predicted molar refractivity (Wildman–Crippen MR) is 68.7 cm³/mol. The molecule has 0 aromatic carbocycles. The van der Waals surface area contributed by atoms with Crippen molar-refractivity contribution in [2.45, 2.75) is 45.6 Å². The minimum absolute atomic E-state index is 0.265. The van der Waals surface area contributed by atoms with Crippen LogP contribution in [0, 0.1) is 6.92 Å². The summed E-state index contributed by atoms with van der Waals surface area (Å²) in [6.45, 7) is 4.07. The van der Waals surface area contributed by atoms with Gasteiger partial charge in [-0.2, -0.15) is 4.37 Å². The zero-order valence-corrected chi connectivity index (χ0v) is 11.1. The number of anilines is 1. The SMILES string of the molecule is CCOC(=O)c1c(C)nsc1NC1CCCC1. The first-order chi connectivity index (χ1) is 8.22. The van der Waals surface area contributed by atoms with Crippen molar-refractivity contribution in [1.29, 1.82) is 0 Å². The zero-order valence-electron chi connectivity index (χ0n) is 10.3. The summed E-state index contributed by atoms with van der Waals surface area (Å²) in [7, 11) is 0. The second kappa shape index (κ2) is 5.49. The van der Waals surface area contributed by atoms with E-state index in [1.54, 1.807) is 0 Å². The molecule has 0 bridgehead atoms. The lowest BCUT2D eigenvalue weighted by Gasteiger charge is -2.12. The van der Waals surface area contributed by atoms with E-state index < -0.39 is 0 Å². The Morgan fingerprint density at radius 1 is 1.53 bits per heavy atom. The van der Waals surface area contributed by atoms with Gasteiger partial charge in [-0.3, -0.25) is 0 Å². The Balaban J connectivity index is 2.13. The zero-order chi connectivity index (χ0) is 12.3. The largest absolute Gasteiger partial charge is 0.462 e. The summed E-state index contributed by atoms with van der Waals surface area (Å²) in [6, 6.07) is 0.489. The van der Waals surface area contributed by atoms with Crippen molar-refractivity contribution < 1.29 is 9.53 Å². The molecule has 94 valence electrons. The molecule has 4 nitrogen and oxygen atoms in total. The molecule has 1 N–H and O–H groups in total. The number of carbonyl (C=O) groups is 1. The van der Waals surface area contributed by atoms with E-state index in [9.17, 15) is 4.79 Å². The Morgan fingerprint density at radius 2 is 2.24 bits per heavy atom. The fourth-order valence-corrected chi connectivity index (χ4v) is 3.03. The molecular weight excluding hydrogens is 236 g/mol. The Bertz CT molecular complexity index is 397. The quantitative estimate of drug-likeness (QED) is 0.839.